The van der Waals surface area contributed by atoms with Crippen LogP contribution in [0.1, 0.15) is 40.0 Å². The fourth-order valence-electron chi connectivity index (χ4n) is 1.33. The highest BCUT2D eigenvalue weighted by atomic mass is 79.9. The second kappa shape index (κ2) is 7.36. The Morgan fingerprint density at radius 2 is 2.08 bits per heavy atom. The van der Waals surface area contributed by atoms with Gasteiger partial charge in [-0.15, -0.1) is 0 Å². The second-order valence-electron chi connectivity index (χ2n) is 3.25. The van der Waals surface area contributed by atoms with Gasteiger partial charge in [0.2, 0.25) is 0 Å². The van der Waals surface area contributed by atoms with Gasteiger partial charge in [-0.3, -0.25) is 4.79 Å². The molecule has 0 N–H and O–H groups in total. The molecule has 13 heavy (non-hydrogen) atoms. The van der Waals surface area contributed by atoms with Gasteiger partial charge >= 0.3 is 5.97 Å². The molecule has 0 fully saturated rings. The van der Waals surface area contributed by atoms with Gasteiger partial charge in [-0.05, 0) is 19.8 Å². The van der Waals surface area contributed by atoms with Gasteiger partial charge in [-0.25, -0.2) is 0 Å². The van der Waals surface area contributed by atoms with Crippen LogP contribution in [0.25, 0.3) is 0 Å². The molecule has 0 aromatic heterocycles. The molecular weight excluding hydrogens is 232 g/mol. The van der Waals surface area contributed by atoms with Crippen LogP contribution in [0.3, 0.4) is 0 Å². The van der Waals surface area contributed by atoms with Crippen molar-refractivity contribution in [1.29, 1.82) is 0 Å². The minimum absolute atomic E-state index is 0.0457. The maximum Gasteiger partial charge on any atom is 0.308 e. The molecule has 0 amide bonds. The fourth-order valence-corrected chi connectivity index (χ4v) is 1.78. The maximum absolute atomic E-state index is 11.4. The number of carbonyl (C=O) groups is 1. The second-order valence-corrected chi connectivity index (χ2v) is 4.82. The lowest BCUT2D eigenvalue weighted by Gasteiger charge is -2.15. The molecule has 0 saturated heterocycles. The molecular formula is C10H19BrO2. The lowest BCUT2D eigenvalue weighted by Crippen LogP contribution is -2.20. The molecule has 0 aromatic carbocycles. The molecule has 3 heteroatoms. The zero-order chi connectivity index (χ0) is 10.3. The summed E-state index contributed by atoms with van der Waals surface area (Å²) in [6, 6.07) is 0. The van der Waals surface area contributed by atoms with Gasteiger partial charge in [-0.1, -0.05) is 36.2 Å². The monoisotopic (exact) mass is 250 g/mol. The summed E-state index contributed by atoms with van der Waals surface area (Å²) >= 11 is 3.46. The lowest BCUT2D eigenvalue weighted by atomic mass is 9.99. The predicted octanol–water partition coefficient (Wildman–Crippen LogP) is 3.14. The van der Waals surface area contributed by atoms with E-state index in [1.54, 1.807) is 0 Å². The van der Waals surface area contributed by atoms with Crippen molar-refractivity contribution in [2.45, 2.75) is 44.9 Å². The summed E-state index contributed by atoms with van der Waals surface area (Å²) in [5.74, 6) is 0.0231. The van der Waals surface area contributed by atoms with Crippen molar-refractivity contribution in [2.75, 3.05) is 6.61 Å². The number of ether oxygens (including phenoxy) is 1. The fraction of sp³-hybridized carbons (Fsp3) is 0.900. The zero-order valence-electron chi connectivity index (χ0n) is 8.68. The van der Waals surface area contributed by atoms with Crippen LogP contribution in [0.15, 0.2) is 0 Å². The van der Waals surface area contributed by atoms with E-state index in [-0.39, 0.29) is 11.9 Å². The Kier molecular flexibility index (Phi) is 7.33. The largest absolute Gasteiger partial charge is 0.466 e. The van der Waals surface area contributed by atoms with Crippen LogP contribution in [-0.2, 0) is 9.53 Å². The number of carbonyl (C=O) groups excluding carboxylic acids is 1. The summed E-state index contributed by atoms with van der Waals surface area (Å²) in [6.45, 7) is 6.47. The van der Waals surface area contributed by atoms with Gasteiger partial charge < -0.3 is 4.74 Å². The van der Waals surface area contributed by atoms with Crippen LogP contribution in [0.2, 0.25) is 0 Å². The van der Waals surface area contributed by atoms with Gasteiger partial charge in [0.1, 0.15) is 0 Å². The molecule has 0 aromatic rings. The molecule has 0 radical (unpaired) electrons. The number of halogens is 1. The maximum atomic E-state index is 11.4. The molecule has 2 atom stereocenters. The van der Waals surface area contributed by atoms with Gasteiger partial charge in [0, 0.05) is 4.83 Å². The van der Waals surface area contributed by atoms with Crippen molar-refractivity contribution in [1.82, 2.24) is 0 Å². The summed E-state index contributed by atoms with van der Waals surface area (Å²) in [7, 11) is 0. The van der Waals surface area contributed by atoms with Crippen molar-refractivity contribution in [3.8, 4) is 0 Å². The van der Waals surface area contributed by atoms with Crippen molar-refractivity contribution in [2.24, 2.45) is 5.92 Å². The molecule has 2 nitrogen and oxygen atoms in total. The minimum Gasteiger partial charge on any atom is -0.466 e. The summed E-state index contributed by atoms with van der Waals surface area (Å²) in [5, 5.41) is 0. The van der Waals surface area contributed by atoms with E-state index in [1.165, 1.54) is 0 Å². The SMILES string of the molecule is CCCC(CC(C)Br)C(=O)OCC. The zero-order valence-corrected chi connectivity index (χ0v) is 10.3. The van der Waals surface area contributed by atoms with Crippen LogP contribution in [0.5, 0.6) is 0 Å². The molecule has 0 saturated carbocycles. The molecule has 78 valence electrons. The highest BCUT2D eigenvalue weighted by Gasteiger charge is 2.20. The molecule has 0 spiro atoms. The van der Waals surface area contributed by atoms with E-state index in [4.69, 9.17) is 4.74 Å². The molecule has 0 rings (SSSR count). The Morgan fingerprint density at radius 3 is 2.46 bits per heavy atom. The first kappa shape index (κ1) is 12.9. The van der Waals surface area contributed by atoms with Crippen LogP contribution in [0, 0.1) is 5.92 Å². The predicted molar refractivity (Wildman–Crippen MR) is 58.0 cm³/mol. The topological polar surface area (TPSA) is 26.3 Å². The van der Waals surface area contributed by atoms with E-state index >= 15 is 0 Å². The quantitative estimate of drug-likeness (QED) is 0.535. The Bertz CT molecular complexity index is 146. The molecule has 0 aliphatic heterocycles. The van der Waals surface area contributed by atoms with Crippen molar-refractivity contribution in [3.63, 3.8) is 0 Å². The van der Waals surface area contributed by atoms with Gasteiger partial charge in [0.15, 0.2) is 0 Å². The normalized spacial score (nSPS) is 15.1. The van der Waals surface area contributed by atoms with Crippen LogP contribution < -0.4 is 0 Å². The van der Waals surface area contributed by atoms with Crippen LogP contribution in [-0.4, -0.2) is 17.4 Å². The van der Waals surface area contributed by atoms with E-state index in [0.29, 0.717) is 11.4 Å². The first-order valence-electron chi connectivity index (χ1n) is 4.92. The molecule has 0 aliphatic rings. The smallest absolute Gasteiger partial charge is 0.308 e. The van der Waals surface area contributed by atoms with Crippen molar-refractivity contribution >= 4 is 21.9 Å². The van der Waals surface area contributed by atoms with Gasteiger partial charge in [0.05, 0.1) is 12.5 Å². The Labute approximate surface area is 89.2 Å². The average Bonchev–Trinajstić information content (AvgIpc) is 2.03. The summed E-state index contributed by atoms with van der Waals surface area (Å²) < 4.78 is 5.00. The number of rotatable bonds is 6. The van der Waals surface area contributed by atoms with E-state index < -0.39 is 0 Å². The third-order valence-electron chi connectivity index (χ3n) is 1.87. The first-order valence-corrected chi connectivity index (χ1v) is 5.84. The number of alkyl halides is 1. The average molecular weight is 251 g/mol. The van der Waals surface area contributed by atoms with E-state index in [1.807, 2.05) is 6.92 Å². The van der Waals surface area contributed by atoms with Gasteiger partial charge in [-0.2, -0.15) is 0 Å². The Hall–Kier alpha value is -0.0500. The third-order valence-corrected chi connectivity index (χ3v) is 2.24. The van der Waals surface area contributed by atoms with Crippen molar-refractivity contribution in [3.05, 3.63) is 0 Å². The molecule has 2 unspecified atom stereocenters. The summed E-state index contributed by atoms with van der Waals surface area (Å²) in [4.78, 5) is 11.8. The highest BCUT2D eigenvalue weighted by Crippen LogP contribution is 2.19. The minimum atomic E-state index is -0.0457. The van der Waals surface area contributed by atoms with Crippen LogP contribution in [0.4, 0.5) is 0 Å². The number of esters is 1. The first-order chi connectivity index (χ1) is 6.11. The van der Waals surface area contributed by atoms with Crippen molar-refractivity contribution < 1.29 is 9.53 Å². The van der Waals surface area contributed by atoms with E-state index in [9.17, 15) is 4.79 Å². The molecule has 0 aliphatic carbocycles. The Morgan fingerprint density at radius 1 is 1.46 bits per heavy atom. The summed E-state index contributed by atoms with van der Waals surface area (Å²) in [6.07, 6.45) is 2.82. The standard InChI is InChI=1S/C10H19BrO2/c1-4-6-9(7-8(3)11)10(12)13-5-2/h8-9H,4-7H2,1-3H3. The Balaban J connectivity index is 3.98. The lowest BCUT2D eigenvalue weighted by molar-refractivity contribution is -0.148. The molecule has 0 bridgehead atoms. The third kappa shape index (κ3) is 6.08. The number of hydrogen-bond donors (Lipinski definition) is 0. The van der Waals surface area contributed by atoms with Crippen LogP contribution >= 0.6 is 15.9 Å². The van der Waals surface area contributed by atoms with Gasteiger partial charge in [0.25, 0.3) is 0 Å². The number of hydrogen-bond acceptors (Lipinski definition) is 2. The van der Waals surface area contributed by atoms with E-state index in [0.717, 1.165) is 19.3 Å². The highest BCUT2D eigenvalue weighted by molar-refractivity contribution is 9.09. The molecule has 0 heterocycles. The summed E-state index contributed by atoms with van der Waals surface area (Å²) in [5.41, 5.74) is 0. The van der Waals surface area contributed by atoms with E-state index in [2.05, 4.69) is 29.8 Å².